The molecule has 0 spiro atoms. The number of carboxylic acid groups (broad SMARTS) is 1. The molecule has 7 nitrogen and oxygen atoms in total. The number of hydrogen-bond acceptors (Lipinski definition) is 5. The molecule has 12 heteroatoms. The molecule has 0 aliphatic heterocycles. The van der Waals surface area contributed by atoms with Gasteiger partial charge in [-0.25, -0.2) is 4.79 Å². The first-order valence-electron chi connectivity index (χ1n) is 13.4. The summed E-state index contributed by atoms with van der Waals surface area (Å²) in [5.41, 5.74) is -0.0346. The van der Waals surface area contributed by atoms with Crippen LogP contribution in [0.3, 0.4) is 0 Å². The standard InChI is InChI=1S/C33H26ClF3N2O5S/c34-25-13-15-26(16-14-25)44-27-8-4-7-22(17-27)18-28(38-30(40)23-9-11-24(12-10-23)33(35,36)37)31(41)39-29(32(42)43)20-45-19-21-5-2-1-3-6-21/h1-18,29H,19-20H2,(H,38,40)(H,39,41)(H,42,43)/b28-18+/t29-/m0/s1. The second kappa shape index (κ2) is 15.3. The van der Waals surface area contributed by atoms with Crippen molar-refractivity contribution < 1.29 is 37.4 Å². The van der Waals surface area contributed by atoms with Gasteiger partial charge in [0.2, 0.25) is 0 Å². The molecule has 0 radical (unpaired) electrons. The number of alkyl halides is 3. The van der Waals surface area contributed by atoms with Crippen LogP contribution in [-0.4, -0.2) is 34.7 Å². The summed E-state index contributed by atoms with van der Waals surface area (Å²) >= 11 is 7.23. The molecule has 0 fully saturated rings. The number of carbonyl (C=O) groups is 3. The molecule has 0 saturated heterocycles. The molecule has 0 bridgehead atoms. The predicted molar refractivity (Wildman–Crippen MR) is 167 cm³/mol. The van der Waals surface area contributed by atoms with Gasteiger partial charge in [0.25, 0.3) is 11.8 Å². The van der Waals surface area contributed by atoms with Crippen LogP contribution in [0.5, 0.6) is 11.5 Å². The van der Waals surface area contributed by atoms with E-state index in [1.807, 2.05) is 30.3 Å². The first-order valence-corrected chi connectivity index (χ1v) is 14.9. The molecule has 0 aliphatic carbocycles. The van der Waals surface area contributed by atoms with Crippen LogP contribution in [0.25, 0.3) is 6.08 Å². The maximum atomic E-state index is 13.4. The smallest absolute Gasteiger partial charge is 0.416 e. The van der Waals surface area contributed by atoms with E-state index in [1.165, 1.54) is 17.8 Å². The van der Waals surface area contributed by atoms with Gasteiger partial charge in [-0.15, -0.1) is 0 Å². The van der Waals surface area contributed by atoms with E-state index in [9.17, 15) is 32.7 Å². The second-order valence-electron chi connectivity index (χ2n) is 9.58. The minimum absolute atomic E-state index is 0.0283. The van der Waals surface area contributed by atoms with Crippen molar-refractivity contribution in [2.24, 2.45) is 0 Å². The van der Waals surface area contributed by atoms with Gasteiger partial charge in [0, 0.05) is 22.1 Å². The van der Waals surface area contributed by atoms with Crippen molar-refractivity contribution in [2.75, 3.05) is 5.75 Å². The number of ether oxygens (including phenoxy) is 1. The highest BCUT2D eigenvalue weighted by molar-refractivity contribution is 7.98. The number of carbonyl (C=O) groups excluding carboxylic acids is 2. The summed E-state index contributed by atoms with van der Waals surface area (Å²) in [6.45, 7) is 0. The molecule has 4 aromatic rings. The number of carboxylic acids is 1. The lowest BCUT2D eigenvalue weighted by atomic mass is 10.1. The SMILES string of the molecule is O=C(N[C@@H](CSCc1ccccc1)C(=O)O)/C(=C\c1cccc(Oc2ccc(Cl)cc2)c1)NC(=O)c1ccc(C(F)(F)F)cc1. The van der Waals surface area contributed by atoms with E-state index in [4.69, 9.17) is 16.3 Å². The van der Waals surface area contributed by atoms with Crippen molar-refractivity contribution >= 4 is 47.2 Å². The fraction of sp³-hybridized carbons (Fsp3) is 0.121. The summed E-state index contributed by atoms with van der Waals surface area (Å²) in [6, 6.07) is 24.7. The van der Waals surface area contributed by atoms with Crippen molar-refractivity contribution in [3.8, 4) is 11.5 Å². The van der Waals surface area contributed by atoms with E-state index in [2.05, 4.69) is 10.6 Å². The van der Waals surface area contributed by atoms with E-state index in [0.717, 1.165) is 29.8 Å². The number of amides is 2. The van der Waals surface area contributed by atoms with Crippen LogP contribution in [-0.2, 0) is 21.5 Å². The van der Waals surface area contributed by atoms with Crippen LogP contribution in [0, 0.1) is 0 Å². The third-order valence-corrected chi connectivity index (χ3v) is 7.54. The number of halogens is 4. The van der Waals surface area contributed by atoms with Gasteiger partial charge in [0.05, 0.1) is 5.56 Å². The zero-order chi connectivity index (χ0) is 32.4. The van der Waals surface area contributed by atoms with Gasteiger partial charge in [-0.3, -0.25) is 9.59 Å². The Morgan fingerprint density at radius 1 is 0.889 bits per heavy atom. The lowest BCUT2D eigenvalue weighted by Gasteiger charge is -2.17. The van der Waals surface area contributed by atoms with Gasteiger partial charge >= 0.3 is 12.1 Å². The summed E-state index contributed by atoms with van der Waals surface area (Å²) in [6.07, 6.45) is -3.29. The van der Waals surface area contributed by atoms with Crippen LogP contribution in [0.4, 0.5) is 13.2 Å². The van der Waals surface area contributed by atoms with E-state index < -0.39 is 35.6 Å². The van der Waals surface area contributed by atoms with Gasteiger partial charge in [-0.1, -0.05) is 54.1 Å². The highest BCUT2D eigenvalue weighted by Gasteiger charge is 2.30. The van der Waals surface area contributed by atoms with E-state index in [1.54, 1.807) is 48.5 Å². The van der Waals surface area contributed by atoms with Crippen molar-refractivity contribution in [1.29, 1.82) is 0 Å². The third kappa shape index (κ3) is 10.2. The molecule has 3 N–H and O–H groups in total. The van der Waals surface area contributed by atoms with Crippen LogP contribution in [0.2, 0.25) is 5.02 Å². The number of nitrogens with one attached hydrogen (secondary N) is 2. The van der Waals surface area contributed by atoms with Gasteiger partial charge in [0.15, 0.2) is 0 Å². The van der Waals surface area contributed by atoms with Crippen LogP contribution in [0.15, 0.2) is 109 Å². The molecule has 4 rings (SSSR count). The summed E-state index contributed by atoms with van der Waals surface area (Å²) in [7, 11) is 0. The van der Waals surface area contributed by atoms with Gasteiger partial charge < -0.3 is 20.5 Å². The van der Waals surface area contributed by atoms with E-state index in [-0.39, 0.29) is 17.0 Å². The summed E-state index contributed by atoms with van der Waals surface area (Å²) < 4.78 is 44.9. The predicted octanol–water partition coefficient (Wildman–Crippen LogP) is 7.42. The number of thioether (sulfide) groups is 1. The largest absolute Gasteiger partial charge is 0.480 e. The lowest BCUT2D eigenvalue weighted by molar-refractivity contribution is -0.140. The summed E-state index contributed by atoms with van der Waals surface area (Å²) in [5, 5.41) is 15.2. The molecule has 0 saturated carbocycles. The van der Waals surface area contributed by atoms with E-state index >= 15 is 0 Å². The van der Waals surface area contributed by atoms with Crippen molar-refractivity contribution in [3.05, 3.63) is 136 Å². The Kier molecular flexibility index (Phi) is 11.3. The topological polar surface area (TPSA) is 105 Å². The highest BCUT2D eigenvalue weighted by atomic mass is 35.5. The number of benzene rings is 4. The number of rotatable bonds is 12. The number of hydrogen-bond donors (Lipinski definition) is 3. The van der Waals surface area contributed by atoms with Crippen molar-refractivity contribution in [1.82, 2.24) is 10.6 Å². The Morgan fingerprint density at radius 2 is 1.58 bits per heavy atom. The van der Waals surface area contributed by atoms with Crippen LogP contribution >= 0.6 is 23.4 Å². The van der Waals surface area contributed by atoms with Crippen LogP contribution < -0.4 is 15.4 Å². The molecule has 2 amide bonds. The average molecular weight is 655 g/mol. The maximum absolute atomic E-state index is 13.4. The van der Waals surface area contributed by atoms with Gasteiger partial charge in [0.1, 0.15) is 23.2 Å². The third-order valence-electron chi connectivity index (χ3n) is 6.19. The minimum atomic E-state index is -4.59. The Balaban J connectivity index is 1.56. The first-order chi connectivity index (χ1) is 21.5. The highest BCUT2D eigenvalue weighted by Crippen LogP contribution is 2.29. The normalized spacial score (nSPS) is 12.2. The van der Waals surface area contributed by atoms with Crippen molar-refractivity contribution in [2.45, 2.75) is 18.0 Å². The maximum Gasteiger partial charge on any atom is 0.416 e. The van der Waals surface area contributed by atoms with Crippen LogP contribution in [0.1, 0.15) is 27.0 Å². The first kappa shape index (κ1) is 33.2. The minimum Gasteiger partial charge on any atom is -0.480 e. The molecule has 1 atom stereocenters. The Labute approximate surface area is 266 Å². The molecule has 232 valence electrons. The fourth-order valence-electron chi connectivity index (χ4n) is 3.92. The van der Waals surface area contributed by atoms with E-state index in [0.29, 0.717) is 27.8 Å². The quantitative estimate of drug-likeness (QED) is 0.137. The zero-order valence-corrected chi connectivity index (χ0v) is 25.0. The summed E-state index contributed by atoms with van der Waals surface area (Å²) in [4.78, 5) is 38.4. The molecule has 45 heavy (non-hydrogen) atoms. The molecule has 0 unspecified atom stereocenters. The molecule has 0 heterocycles. The second-order valence-corrected chi connectivity index (χ2v) is 11.0. The number of aliphatic carboxylic acids is 1. The summed E-state index contributed by atoms with van der Waals surface area (Å²) in [5.74, 6) is -1.65. The molecule has 0 aromatic heterocycles. The lowest BCUT2D eigenvalue weighted by Crippen LogP contribution is -2.45. The van der Waals surface area contributed by atoms with Gasteiger partial charge in [-0.05, 0) is 77.9 Å². The van der Waals surface area contributed by atoms with Gasteiger partial charge in [-0.2, -0.15) is 24.9 Å². The Hall–Kier alpha value is -4.74. The Bertz CT molecular complexity index is 1660. The van der Waals surface area contributed by atoms with Crippen molar-refractivity contribution in [3.63, 3.8) is 0 Å². The molecular formula is C33H26ClF3N2O5S. The molecular weight excluding hydrogens is 629 g/mol. The fourth-order valence-corrected chi connectivity index (χ4v) is 5.05. The Morgan fingerprint density at radius 3 is 2.22 bits per heavy atom. The monoisotopic (exact) mass is 654 g/mol. The zero-order valence-electron chi connectivity index (χ0n) is 23.4. The average Bonchev–Trinajstić information content (AvgIpc) is 3.01. The molecule has 0 aliphatic rings. The molecule has 4 aromatic carbocycles.